The average molecular weight is 429 g/mol. The maximum Gasteiger partial charge on any atom is 0.170 e. The smallest absolute Gasteiger partial charge is 0.170 e. The first-order valence-corrected chi connectivity index (χ1v) is 11.7. The molecule has 2 aromatic rings. The van der Waals surface area contributed by atoms with Crippen LogP contribution in [-0.2, 0) is 11.3 Å². The number of allylic oxidation sites excluding steroid dienone is 2. The van der Waals surface area contributed by atoms with E-state index in [4.69, 9.17) is 11.6 Å². The van der Waals surface area contributed by atoms with Gasteiger partial charge >= 0.3 is 0 Å². The predicted octanol–water partition coefficient (Wildman–Crippen LogP) is 5.21. The molecule has 0 saturated carbocycles. The van der Waals surface area contributed by atoms with Gasteiger partial charge in [-0.1, -0.05) is 54.1 Å². The van der Waals surface area contributed by atoms with Gasteiger partial charge in [-0.25, -0.2) is 0 Å². The highest BCUT2D eigenvalue weighted by Crippen LogP contribution is 2.28. The third kappa shape index (κ3) is 6.45. The molecule has 3 rings (SSSR count). The van der Waals surface area contributed by atoms with Crippen molar-refractivity contribution >= 4 is 34.7 Å². The number of ketones is 1. The molecule has 3 nitrogen and oxygen atoms in total. The third-order valence-electron chi connectivity index (χ3n) is 5.42. The van der Waals surface area contributed by atoms with Crippen LogP contribution in [0.2, 0.25) is 5.02 Å². The van der Waals surface area contributed by atoms with E-state index in [-0.39, 0.29) is 5.78 Å². The third-order valence-corrected chi connectivity index (χ3v) is 6.60. The molecule has 0 aromatic heterocycles. The van der Waals surface area contributed by atoms with Crippen LogP contribution in [0, 0.1) is 0 Å². The topological polar surface area (TPSA) is 23.6 Å². The summed E-state index contributed by atoms with van der Waals surface area (Å²) in [5, 5.41) is 0.697. The van der Waals surface area contributed by atoms with Gasteiger partial charge in [-0.2, -0.15) is 0 Å². The Morgan fingerprint density at radius 3 is 2.34 bits per heavy atom. The van der Waals surface area contributed by atoms with Gasteiger partial charge in [-0.15, -0.1) is 11.8 Å². The second kappa shape index (κ2) is 11.0. The Hall–Kier alpha value is -1.59. The fraction of sp³-hybridized carbons (Fsp3) is 0.375. The molecule has 29 heavy (non-hydrogen) atoms. The van der Waals surface area contributed by atoms with Gasteiger partial charge in [0.05, 0.1) is 4.91 Å². The first-order valence-electron chi connectivity index (χ1n) is 10.1. The van der Waals surface area contributed by atoms with E-state index in [2.05, 4.69) is 40.1 Å². The largest absolute Gasteiger partial charge is 0.300 e. The lowest BCUT2D eigenvalue weighted by molar-refractivity contribution is -0.115. The highest BCUT2D eigenvalue weighted by molar-refractivity contribution is 8.03. The lowest BCUT2D eigenvalue weighted by Gasteiger charge is -2.34. The number of benzene rings is 2. The number of carbonyl (C=O) groups excluding carboxylic acids is 1. The van der Waals surface area contributed by atoms with Gasteiger partial charge in [0.1, 0.15) is 0 Å². The predicted molar refractivity (Wildman–Crippen MR) is 125 cm³/mol. The number of halogens is 1. The summed E-state index contributed by atoms with van der Waals surface area (Å²) in [6, 6.07) is 18.3. The van der Waals surface area contributed by atoms with Crippen LogP contribution in [0.5, 0.6) is 0 Å². The average Bonchev–Trinajstić information content (AvgIpc) is 2.74. The van der Waals surface area contributed by atoms with Crippen molar-refractivity contribution in [3.05, 3.63) is 75.7 Å². The molecule has 0 spiro atoms. The van der Waals surface area contributed by atoms with E-state index in [0.29, 0.717) is 11.4 Å². The maximum atomic E-state index is 12.9. The van der Waals surface area contributed by atoms with Crippen molar-refractivity contribution in [1.82, 2.24) is 9.80 Å². The molecule has 0 aliphatic carbocycles. The number of piperazine rings is 1. The molecule has 154 valence electrons. The van der Waals surface area contributed by atoms with Crippen molar-refractivity contribution in [3.8, 4) is 0 Å². The monoisotopic (exact) mass is 428 g/mol. The minimum atomic E-state index is 0.224. The zero-order valence-electron chi connectivity index (χ0n) is 17.2. The fourth-order valence-corrected chi connectivity index (χ4v) is 4.66. The van der Waals surface area contributed by atoms with E-state index in [1.54, 1.807) is 0 Å². The molecule has 1 aliphatic heterocycles. The molecule has 1 heterocycles. The van der Waals surface area contributed by atoms with E-state index in [0.717, 1.165) is 55.3 Å². The molecule has 0 unspecified atom stereocenters. The normalized spacial score (nSPS) is 16.5. The number of thioether (sulfide) groups is 1. The Kier molecular flexibility index (Phi) is 8.37. The Bertz CT molecular complexity index is 845. The quantitative estimate of drug-likeness (QED) is 0.538. The molecular formula is C24H29ClN2OS. The van der Waals surface area contributed by atoms with Gasteiger partial charge in [0.25, 0.3) is 0 Å². The number of carbonyl (C=O) groups is 1. The zero-order chi connectivity index (χ0) is 20.6. The van der Waals surface area contributed by atoms with Gasteiger partial charge < -0.3 is 4.90 Å². The van der Waals surface area contributed by atoms with E-state index >= 15 is 0 Å². The summed E-state index contributed by atoms with van der Waals surface area (Å²) in [4.78, 5) is 18.6. The van der Waals surface area contributed by atoms with E-state index in [9.17, 15) is 4.79 Å². The Labute approximate surface area is 183 Å². The minimum Gasteiger partial charge on any atom is -0.300 e. The maximum absolute atomic E-state index is 12.9. The van der Waals surface area contributed by atoms with Gasteiger partial charge in [-0.05, 0) is 42.0 Å². The summed E-state index contributed by atoms with van der Waals surface area (Å²) in [5.41, 5.74) is 3.39. The van der Waals surface area contributed by atoms with Crippen LogP contribution in [0.1, 0.15) is 24.5 Å². The number of rotatable bonds is 8. The van der Waals surface area contributed by atoms with Crippen molar-refractivity contribution in [2.75, 3.05) is 39.0 Å². The Balaban J connectivity index is 1.50. The second-order valence-corrected chi connectivity index (χ2v) is 8.70. The van der Waals surface area contributed by atoms with E-state index in [1.165, 1.54) is 17.3 Å². The number of nitrogens with zero attached hydrogens (tertiary/aromatic N) is 2. The molecule has 0 amide bonds. The first kappa shape index (κ1) is 22.1. The fourth-order valence-electron chi connectivity index (χ4n) is 3.71. The zero-order valence-corrected chi connectivity index (χ0v) is 18.8. The minimum absolute atomic E-state index is 0.224. The summed E-state index contributed by atoms with van der Waals surface area (Å²) in [5.74, 6) is 0.224. The molecular weight excluding hydrogens is 400 g/mol. The lowest BCUT2D eigenvalue weighted by Crippen LogP contribution is -2.46. The van der Waals surface area contributed by atoms with Crippen LogP contribution >= 0.6 is 23.4 Å². The Morgan fingerprint density at radius 1 is 1.00 bits per heavy atom. The molecule has 0 atom stereocenters. The molecule has 1 aliphatic rings. The Morgan fingerprint density at radius 2 is 1.69 bits per heavy atom. The highest BCUT2D eigenvalue weighted by Gasteiger charge is 2.19. The molecule has 5 heteroatoms. The van der Waals surface area contributed by atoms with Crippen LogP contribution in [0.4, 0.5) is 0 Å². The first-order chi connectivity index (χ1) is 14.1. The van der Waals surface area contributed by atoms with Crippen LogP contribution in [0.3, 0.4) is 0 Å². The van der Waals surface area contributed by atoms with Gasteiger partial charge in [0.15, 0.2) is 5.78 Å². The lowest BCUT2D eigenvalue weighted by atomic mass is 10.0. The second-order valence-electron chi connectivity index (χ2n) is 7.45. The summed E-state index contributed by atoms with van der Waals surface area (Å²) in [6.45, 7) is 7.98. The van der Waals surface area contributed by atoms with Crippen LogP contribution < -0.4 is 0 Å². The van der Waals surface area contributed by atoms with Crippen LogP contribution in [-0.4, -0.2) is 54.6 Å². The molecule has 0 N–H and O–H groups in total. The van der Waals surface area contributed by atoms with E-state index < -0.39 is 0 Å². The number of Topliss-reactive ketones (excluding diaryl/α,β-unsaturated/α-hetero) is 1. The van der Waals surface area contributed by atoms with Crippen molar-refractivity contribution in [3.63, 3.8) is 0 Å². The highest BCUT2D eigenvalue weighted by atomic mass is 35.5. The van der Waals surface area contributed by atoms with Crippen molar-refractivity contribution < 1.29 is 4.79 Å². The van der Waals surface area contributed by atoms with Crippen molar-refractivity contribution in [1.29, 1.82) is 0 Å². The van der Waals surface area contributed by atoms with Gasteiger partial charge in [0.2, 0.25) is 0 Å². The summed E-state index contributed by atoms with van der Waals surface area (Å²) < 4.78 is 0. The van der Waals surface area contributed by atoms with Crippen molar-refractivity contribution in [2.45, 2.75) is 19.9 Å². The summed E-state index contributed by atoms with van der Waals surface area (Å²) in [7, 11) is 0. The molecule has 0 radical (unpaired) electrons. The number of hydrogen-bond acceptors (Lipinski definition) is 4. The molecule has 1 saturated heterocycles. The number of hydrogen-bond donors (Lipinski definition) is 0. The van der Waals surface area contributed by atoms with E-state index in [1.807, 2.05) is 37.4 Å². The standard InChI is InChI=1S/C24H29ClN2OS/c1-19(21-9-6-10-22(25)17-21)24(29-2)23(28)11-12-26-13-15-27(16-14-26)18-20-7-4-3-5-8-20/h3-10,17H,11-16,18H2,1-2H3/b24-19-. The SMILES string of the molecule is CS/C(C(=O)CCN1CCN(Cc2ccccc2)CC1)=C(/C)c1cccc(Cl)c1. The molecule has 0 bridgehead atoms. The van der Waals surface area contributed by atoms with Gasteiger partial charge in [0, 0.05) is 50.7 Å². The molecule has 2 aromatic carbocycles. The molecule has 1 fully saturated rings. The van der Waals surface area contributed by atoms with Crippen LogP contribution in [0.25, 0.3) is 5.57 Å². The van der Waals surface area contributed by atoms with Crippen LogP contribution in [0.15, 0.2) is 59.5 Å². The van der Waals surface area contributed by atoms with Crippen molar-refractivity contribution in [2.24, 2.45) is 0 Å². The van der Waals surface area contributed by atoms with Gasteiger partial charge in [-0.3, -0.25) is 9.69 Å². The summed E-state index contributed by atoms with van der Waals surface area (Å²) >= 11 is 7.65. The summed E-state index contributed by atoms with van der Waals surface area (Å²) in [6.07, 6.45) is 2.54.